The van der Waals surface area contributed by atoms with Crippen molar-refractivity contribution < 1.29 is 4.79 Å². The van der Waals surface area contributed by atoms with Crippen molar-refractivity contribution >= 4 is 5.91 Å². The lowest BCUT2D eigenvalue weighted by Gasteiger charge is -2.34. The Morgan fingerprint density at radius 1 is 1.25 bits per heavy atom. The zero-order valence-electron chi connectivity index (χ0n) is 10.7. The second kappa shape index (κ2) is 4.74. The van der Waals surface area contributed by atoms with Gasteiger partial charge in [-0.2, -0.15) is 0 Å². The topological polar surface area (TPSA) is 32.3 Å². The molecule has 2 rings (SSSR count). The van der Waals surface area contributed by atoms with Gasteiger partial charge in [0, 0.05) is 19.6 Å². The molecule has 0 radical (unpaired) electrons. The number of likely N-dealkylation sites (N-methyl/N-ethyl adjacent to an activating group) is 1. The van der Waals surface area contributed by atoms with Gasteiger partial charge in [0.2, 0.25) is 5.91 Å². The van der Waals surface area contributed by atoms with E-state index >= 15 is 0 Å². The molecule has 1 aliphatic heterocycles. The average Bonchev–Trinajstić information content (AvgIpc) is 2.55. The molecule has 1 N–H and O–H groups in total. The molecule has 4 unspecified atom stereocenters. The summed E-state index contributed by atoms with van der Waals surface area (Å²) in [6, 6.07) is 0.631. The van der Waals surface area contributed by atoms with Crippen molar-refractivity contribution in [2.75, 3.05) is 13.6 Å². The zero-order chi connectivity index (χ0) is 11.7. The molecule has 1 saturated carbocycles. The predicted molar refractivity (Wildman–Crippen MR) is 65.1 cm³/mol. The molecule has 92 valence electrons. The Balaban J connectivity index is 1.91. The minimum atomic E-state index is 0.0859. The highest BCUT2D eigenvalue weighted by Crippen LogP contribution is 2.29. The first-order chi connectivity index (χ1) is 7.58. The number of carbonyl (C=O) groups excluding carboxylic acids is 1. The third-order valence-corrected chi connectivity index (χ3v) is 4.30. The molecule has 2 aliphatic rings. The largest absolute Gasteiger partial charge is 0.344 e. The van der Waals surface area contributed by atoms with Crippen molar-refractivity contribution in [3.63, 3.8) is 0 Å². The van der Waals surface area contributed by atoms with Crippen LogP contribution in [-0.4, -0.2) is 36.5 Å². The minimum absolute atomic E-state index is 0.0859. The van der Waals surface area contributed by atoms with Crippen LogP contribution in [-0.2, 0) is 4.79 Å². The van der Waals surface area contributed by atoms with Gasteiger partial charge < -0.3 is 10.2 Å². The fourth-order valence-corrected chi connectivity index (χ4v) is 3.00. The van der Waals surface area contributed by atoms with E-state index in [1.807, 2.05) is 11.9 Å². The van der Waals surface area contributed by atoms with Crippen LogP contribution in [0.2, 0.25) is 0 Å². The van der Waals surface area contributed by atoms with E-state index in [9.17, 15) is 4.79 Å². The smallest absolute Gasteiger partial charge is 0.239 e. The zero-order valence-corrected chi connectivity index (χ0v) is 10.7. The molecule has 0 bridgehead atoms. The Labute approximate surface area is 98.6 Å². The molecule has 16 heavy (non-hydrogen) atoms. The van der Waals surface area contributed by atoms with Gasteiger partial charge in [-0.15, -0.1) is 0 Å². The molecule has 3 nitrogen and oxygen atoms in total. The summed E-state index contributed by atoms with van der Waals surface area (Å²) in [4.78, 5) is 13.7. The van der Waals surface area contributed by atoms with Gasteiger partial charge in [-0.3, -0.25) is 4.79 Å². The van der Waals surface area contributed by atoms with Crippen LogP contribution in [0.4, 0.5) is 0 Å². The lowest BCUT2D eigenvalue weighted by Crippen LogP contribution is -2.47. The third-order valence-electron chi connectivity index (χ3n) is 4.30. The minimum Gasteiger partial charge on any atom is -0.344 e. The molecule has 4 atom stereocenters. The summed E-state index contributed by atoms with van der Waals surface area (Å²) in [6.07, 6.45) is 4.86. The Hall–Kier alpha value is -0.570. The third kappa shape index (κ3) is 2.40. The number of hydrogen-bond acceptors (Lipinski definition) is 2. The molecule has 0 aromatic heterocycles. The lowest BCUT2D eigenvalue weighted by atomic mass is 9.80. The van der Waals surface area contributed by atoms with Crippen LogP contribution in [0.5, 0.6) is 0 Å². The summed E-state index contributed by atoms with van der Waals surface area (Å²) in [7, 11) is 1.90. The molecule has 3 heteroatoms. The number of rotatable bonds is 2. The van der Waals surface area contributed by atoms with E-state index in [-0.39, 0.29) is 11.9 Å². The maximum absolute atomic E-state index is 11.8. The number of hydrogen-bond donors (Lipinski definition) is 1. The van der Waals surface area contributed by atoms with Gasteiger partial charge in [-0.05, 0) is 31.1 Å². The number of nitrogens with zero attached hydrogens (tertiary/aromatic N) is 1. The summed E-state index contributed by atoms with van der Waals surface area (Å²) >= 11 is 0. The fourth-order valence-electron chi connectivity index (χ4n) is 3.00. The van der Waals surface area contributed by atoms with Gasteiger partial charge >= 0.3 is 0 Å². The summed E-state index contributed by atoms with van der Waals surface area (Å²) in [5.74, 6) is 1.81. The second-order valence-corrected chi connectivity index (χ2v) is 5.77. The molecule has 1 saturated heterocycles. The van der Waals surface area contributed by atoms with Crippen molar-refractivity contribution in [1.29, 1.82) is 0 Å². The van der Waals surface area contributed by atoms with Gasteiger partial charge in [0.1, 0.15) is 0 Å². The maximum atomic E-state index is 11.8. The first-order valence-corrected chi connectivity index (χ1v) is 6.59. The summed E-state index contributed by atoms with van der Waals surface area (Å²) in [5.41, 5.74) is 0. The molecular weight excluding hydrogens is 200 g/mol. The highest BCUT2D eigenvalue weighted by Gasteiger charge is 2.33. The Kier molecular flexibility index (Phi) is 3.53. The highest BCUT2D eigenvalue weighted by molar-refractivity contribution is 5.83. The summed E-state index contributed by atoms with van der Waals surface area (Å²) < 4.78 is 0. The number of amides is 1. The van der Waals surface area contributed by atoms with Crippen LogP contribution in [0, 0.1) is 11.8 Å². The van der Waals surface area contributed by atoms with Gasteiger partial charge in [-0.1, -0.05) is 20.3 Å². The van der Waals surface area contributed by atoms with Crippen LogP contribution in [0.1, 0.15) is 39.5 Å². The number of nitrogens with one attached hydrogen (secondary N) is 1. The molecule has 1 heterocycles. The Bertz CT molecular complexity index is 267. The highest BCUT2D eigenvalue weighted by atomic mass is 16.2. The monoisotopic (exact) mass is 224 g/mol. The SMILES string of the molecule is CC1CCC(C)C(NC2CCN(C)C2=O)C1. The predicted octanol–water partition coefficient (Wildman–Crippen LogP) is 1.63. The Morgan fingerprint density at radius 2 is 2.00 bits per heavy atom. The van der Waals surface area contributed by atoms with Crippen molar-refractivity contribution in [2.45, 2.75) is 51.6 Å². The fraction of sp³-hybridized carbons (Fsp3) is 0.923. The van der Waals surface area contributed by atoms with Gasteiger partial charge in [-0.25, -0.2) is 0 Å². The van der Waals surface area contributed by atoms with Gasteiger partial charge in [0.25, 0.3) is 0 Å². The van der Waals surface area contributed by atoms with Crippen molar-refractivity contribution in [2.24, 2.45) is 11.8 Å². The van der Waals surface area contributed by atoms with E-state index in [0.717, 1.165) is 24.8 Å². The molecule has 1 aliphatic carbocycles. The van der Waals surface area contributed by atoms with Crippen molar-refractivity contribution in [3.8, 4) is 0 Å². The molecule has 0 aromatic carbocycles. The van der Waals surface area contributed by atoms with Crippen LogP contribution in [0.15, 0.2) is 0 Å². The number of likely N-dealkylation sites (tertiary alicyclic amines) is 1. The first kappa shape index (κ1) is 11.9. The Morgan fingerprint density at radius 3 is 2.62 bits per heavy atom. The van der Waals surface area contributed by atoms with E-state index in [1.165, 1.54) is 19.3 Å². The quantitative estimate of drug-likeness (QED) is 0.773. The van der Waals surface area contributed by atoms with E-state index in [1.54, 1.807) is 0 Å². The normalized spacial score (nSPS) is 40.4. The van der Waals surface area contributed by atoms with E-state index in [0.29, 0.717) is 6.04 Å². The lowest BCUT2D eigenvalue weighted by molar-refractivity contribution is -0.128. The molecule has 2 fully saturated rings. The van der Waals surface area contributed by atoms with E-state index in [4.69, 9.17) is 0 Å². The van der Waals surface area contributed by atoms with Crippen LogP contribution < -0.4 is 5.32 Å². The maximum Gasteiger partial charge on any atom is 0.239 e. The molecule has 1 amide bonds. The van der Waals surface area contributed by atoms with E-state index in [2.05, 4.69) is 19.2 Å². The van der Waals surface area contributed by atoms with Crippen molar-refractivity contribution in [1.82, 2.24) is 10.2 Å². The first-order valence-electron chi connectivity index (χ1n) is 6.59. The van der Waals surface area contributed by atoms with Crippen LogP contribution in [0.25, 0.3) is 0 Å². The van der Waals surface area contributed by atoms with Gasteiger partial charge in [0.05, 0.1) is 6.04 Å². The molecule has 0 aromatic rings. The van der Waals surface area contributed by atoms with Crippen LogP contribution in [0.3, 0.4) is 0 Å². The standard InChI is InChI=1S/C13H24N2O/c1-9-4-5-10(2)12(8-9)14-11-6-7-15(3)13(11)16/h9-12,14H,4-8H2,1-3H3. The second-order valence-electron chi connectivity index (χ2n) is 5.77. The van der Waals surface area contributed by atoms with Gasteiger partial charge in [0.15, 0.2) is 0 Å². The summed E-state index contributed by atoms with van der Waals surface area (Å²) in [6.45, 7) is 5.54. The van der Waals surface area contributed by atoms with E-state index < -0.39 is 0 Å². The average molecular weight is 224 g/mol. The van der Waals surface area contributed by atoms with Crippen LogP contribution >= 0.6 is 0 Å². The summed E-state index contributed by atoms with van der Waals surface area (Å²) in [5, 5.41) is 3.59. The van der Waals surface area contributed by atoms with Crippen molar-refractivity contribution in [3.05, 3.63) is 0 Å². The number of carbonyl (C=O) groups is 1. The molecular formula is C13H24N2O. The molecule has 0 spiro atoms.